The molecule has 2 N–H and O–H groups in total. The largest absolute Gasteiger partial charge is 0.478 e. The van der Waals surface area contributed by atoms with Crippen molar-refractivity contribution in [1.82, 2.24) is 15.0 Å². The number of halogens is 4. The molecular formula is C17H19F4N5O3. The number of benzene rings is 1. The quantitative estimate of drug-likeness (QED) is 0.567. The minimum Gasteiger partial charge on any atom is -0.478 e. The number of carboxylic acids is 1. The zero-order chi connectivity index (χ0) is 21.6. The molecule has 0 saturated heterocycles. The van der Waals surface area contributed by atoms with Gasteiger partial charge in [-0.2, -0.15) is 23.7 Å². The lowest BCUT2D eigenvalue weighted by atomic mass is 10.2. The van der Waals surface area contributed by atoms with Gasteiger partial charge in [0.25, 0.3) is 0 Å². The van der Waals surface area contributed by atoms with Crippen molar-refractivity contribution in [1.29, 1.82) is 0 Å². The number of hydrogen-bond acceptors (Lipinski definition) is 7. The van der Waals surface area contributed by atoms with Gasteiger partial charge in [-0.3, -0.25) is 0 Å². The molecule has 158 valence electrons. The van der Waals surface area contributed by atoms with E-state index >= 15 is 0 Å². The smallest absolute Gasteiger partial charge is 0.340 e. The Labute approximate surface area is 163 Å². The van der Waals surface area contributed by atoms with Crippen molar-refractivity contribution < 1.29 is 32.2 Å². The molecule has 0 radical (unpaired) electrons. The third-order valence-electron chi connectivity index (χ3n) is 3.77. The number of para-hydroxylation sites is 1. The minimum absolute atomic E-state index is 0.0515. The summed E-state index contributed by atoms with van der Waals surface area (Å²) < 4.78 is 55.8. The van der Waals surface area contributed by atoms with Crippen LogP contribution in [0.2, 0.25) is 0 Å². The van der Waals surface area contributed by atoms with Crippen molar-refractivity contribution in [2.24, 2.45) is 0 Å². The lowest BCUT2D eigenvalue weighted by Crippen LogP contribution is -2.34. The molecule has 0 amide bonds. The van der Waals surface area contributed by atoms with Gasteiger partial charge >= 0.3 is 24.3 Å². The van der Waals surface area contributed by atoms with Crippen LogP contribution in [-0.2, 0) is 0 Å². The van der Waals surface area contributed by atoms with Crippen LogP contribution in [0.4, 0.5) is 35.1 Å². The van der Waals surface area contributed by atoms with Gasteiger partial charge < -0.3 is 20.1 Å². The van der Waals surface area contributed by atoms with E-state index in [4.69, 9.17) is 4.74 Å². The number of nitrogens with one attached hydrogen (secondary N) is 1. The Balaban J connectivity index is 2.38. The Morgan fingerprint density at radius 1 is 1.21 bits per heavy atom. The second-order valence-electron chi connectivity index (χ2n) is 5.74. The molecule has 0 aliphatic heterocycles. The number of hydrogen-bond donors (Lipinski definition) is 2. The van der Waals surface area contributed by atoms with E-state index in [9.17, 15) is 27.5 Å². The minimum atomic E-state index is -4.38. The molecule has 0 fully saturated rings. The normalized spacial score (nSPS) is 11.4. The number of aromatic carboxylic acids is 1. The number of aromatic nitrogens is 3. The first-order chi connectivity index (χ1) is 13.7. The Morgan fingerprint density at radius 3 is 2.45 bits per heavy atom. The summed E-state index contributed by atoms with van der Waals surface area (Å²) in [5, 5.41) is 11.9. The van der Waals surface area contributed by atoms with Crippen molar-refractivity contribution in [3.05, 3.63) is 29.8 Å². The second-order valence-corrected chi connectivity index (χ2v) is 5.74. The highest BCUT2D eigenvalue weighted by Gasteiger charge is 2.42. The molecule has 2 rings (SSSR count). The van der Waals surface area contributed by atoms with E-state index in [-0.39, 0.29) is 23.1 Å². The first-order valence-electron chi connectivity index (χ1n) is 8.57. The number of carboxylic acid groups (broad SMARTS) is 1. The number of anilines is 3. The highest BCUT2D eigenvalue weighted by Crippen LogP contribution is 2.25. The van der Waals surface area contributed by atoms with Crippen molar-refractivity contribution in [3.8, 4) is 6.01 Å². The molecule has 29 heavy (non-hydrogen) atoms. The molecule has 1 heterocycles. The molecule has 0 aliphatic rings. The van der Waals surface area contributed by atoms with Crippen molar-refractivity contribution >= 4 is 23.6 Å². The zero-order valence-corrected chi connectivity index (χ0v) is 15.6. The lowest BCUT2D eigenvalue weighted by Gasteiger charge is -2.20. The fourth-order valence-electron chi connectivity index (χ4n) is 2.24. The average Bonchev–Trinajstić information content (AvgIpc) is 2.67. The monoisotopic (exact) mass is 417 g/mol. The van der Waals surface area contributed by atoms with E-state index in [0.29, 0.717) is 13.1 Å². The Bertz CT molecular complexity index is 850. The number of ether oxygens (including phenoxy) is 1. The molecule has 0 unspecified atom stereocenters. The molecule has 12 heteroatoms. The summed E-state index contributed by atoms with van der Waals surface area (Å²) in [6.45, 7) is 2.88. The van der Waals surface area contributed by atoms with E-state index in [1.165, 1.54) is 18.2 Å². The molecule has 0 atom stereocenters. The summed E-state index contributed by atoms with van der Waals surface area (Å²) in [6, 6.07) is 5.29. The van der Waals surface area contributed by atoms with Gasteiger partial charge in [0.1, 0.15) is 0 Å². The van der Waals surface area contributed by atoms with Gasteiger partial charge in [0, 0.05) is 13.1 Å². The lowest BCUT2D eigenvalue weighted by molar-refractivity contribution is -0.149. The Morgan fingerprint density at radius 2 is 1.86 bits per heavy atom. The maximum atomic E-state index is 13.2. The van der Waals surface area contributed by atoms with E-state index in [0.717, 1.165) is 0 Å². The summed E-state index contributed by atoms with van der Waals surface area (Å²) in [5.74, 6) is -5.73. The van der Waals surface area contributed by atoms with Gasteiger partial charge in [0.2, 0.25) is 11.9 Å². The molecule has 2 aromatic rings. The maximum absolute atomic E-state index is 13.2. The number of nitrogens with zero attached hydrogens (tertiary/aromatic N) is 4. The van der Waals surface area contributed by atoms with Crippen LogP contribution in [0.25, 0.3) is 0 Å². The van der Waals surface area contributed by atoms with E-state index in [1.54, 1.807) is 24.8 Å². The van der Waals surface area contributed by atoms with Crippen LogP contribution in [0.5, 0.6) is 6.01 Å². The van der Waals surface area contributed by atoms with Gasteiger partial charge in [-0.1, -0.05) is 12.1 Å². The van der Waals surface area contributed by atoms with Crippen LogP contribution >= 0.6 is 0 Å². The van der Waals surface area contributed by atoms with E-state index < -0.39 is 30.9 Å². The fourth-order valence-corrected chi connectivity index (χ4v) is 2.24. The van der Waals surface area contributed by atoms with Crippen LogP contribution in [0.3, 0.4) is 0 Å². The molecule has 1 aromatic carbocycles. The molecule has 0 saturated carbocycles. The molecule has 1 aromatic heterocycles. The van der Waals surface area contributed by atoms with Gasteiger partial charge in [-0.05, 0) is 26.0 Å². The second kappa shape index (κ2) is 9.34. The molecule has 0 bridgehead atoms. The third kappa shape index (κ3) is 5.65. The number of rotatable bonds is 10. The maximum Gasteiger partial charge on any atom is 0.340 e. The van der Waals surface area contributed by atoms with Crippen LogP contribution in [-0.4, -0.2) is 58.1 Å². The van der Waals surface area contributed by atoms with Crippen LogP contribution < -0.4 is 15.0 Å². The van der Waals surface area contributed by atoms with Crippen LogP contribution in [0.1, 0.15) is 24.2 Å². The number of carbonyl (C=O) groups is 1. The van der Waals surface area contributed by atoms with E-state index in [1.807, 2.05) is 0 Å². The summed E-state index contributed by atoms with van der Waals surface area (Å²) in [6.07, 6.45) is -3.91. The van der Waals surface area contributed by atoms with Crippen molar-refractivity contribution in [2.45, 2.75) is 26.2 Å². The van der Waals surface area contributed by atoms with Gasteiger partial charge in [-0.25, -0.2) is 13.6 Å². The predicted octanol–water partition coefficient (Wildman–Crippen LogP) is 3.44. The van der Waals surface area contributed by atoms with Crippen LogP contribution in [0, 0.1) is 0 Å². The summed E-state index contributed by atoms with van der Waals surface area (Å²) in [4.78, 5) is 24.8. The molecule has 0 aliphatic carbocycles. The van der Waals surface area contributed by atoms with Crippen molar-refractivity contribution in [3.63, 3.8) is 0 Å². The summed E-state index contributed by atoms with van der Waals surface area (Å²) >= 11 is 0. The molecule has 8 nitrogen and oxygen atoms in total. The van der Waals surface area contributed by atoms with E-state index in [2.05, 4.69) is 20.3 Å². The Kier molecular flexibility index (Phi) is 7.13. The van der Waals surface area contributed by atoms with Crippen LogP contribution in [0.15, 0.2) is 24.3 Å². The first-order valence-corrected chi connectivity index (χ1v) is 8.57. The standard InChI is InChI=1S/C17H19F4N5O3/c1-3-26(4-2)15-23-14(22-11-8-6-5-7-10(11)12(27)28)24-16(25-15)29-9-17(20,21)13(18)19/h5-8,13H,3-4,9H2,1-2H3,(H,27,28)(H,22,23,24,25). The Hall–Kier alpha value is -3.18. The SMILES string of the molecule is CCN(CC)c1nc(Nc2ccccc2C(=O)O)nc(OCC(F)(F)C(F)F)n1. The topological polar surface area (TPSA) is 100 Å². The average molecular weight is 417 g/mol. The molecular weight excluding hydrogens is 398 g/mol. The highest BCUT2D eigenvalue weighted by atomic mass is 19.3. The van der Waals surface area contributed by atoms with Crippen molar-refractivity contribution in [2.75, 3.05) is 29.9 Å². The first kappa shape index (κ1) is 22.1. The van der Waals surface area contributed by atoms with Gasteiger partial charge in [-0.15, -0.1) is 0 Å². The molecule has 0 spiro atoms. The van der Waals surface area contributed by atoms with Gasteiger partial charge in [0.15, 0.2) is 6.61 Å². The highest BCUT2D eigenvalue weighted by molar-refractivity contribution is 5.94. The zero-order valence-electron chi connectivity index (χ0n) is 15.6. The van der Waals surface area contributed by atoms with Gasteiger partial charge in [0.05, 0.1) is 11.3 Å². The summed E-state index contributed by atoms with van der Waals surface area (Å²) in [5.41, 5.74) is 0.0598. The summed E-state index contributed by atoms with van der Waals surface area (Å²) in [7, 11) is 0. The number of alkyl halides is 4. The fraction of sp³-hybridized carbons (Fsp3) is 0.412. The predicted molar refractivity (Wildman–Crippen MR) is 96.5 cm³/mol. The third-order valence-corrected chi connectivity index (χ3v) is 3.77.